The highest BCUT2D eigenvalue weighted by molar-refractivity contribution is 9.09. The fourth-order valence-corrected chi connectivity index (χ4v) is 1.55. The molecule has 0 radical (unpaired) electrons. The lowest BCUT2D eigenvalue weighted by molar-refractivity contribution is -0.158. The number of nitrogens with zero attached hydrogens (tertiary/aromatic N) is 1. The third-order valence-corrected chi connectivity index (χ3v) is 2.40. The zero-order valence-electron chi connectivity index (χ0n) is 11.2. The number of rotatable bonds is 6. The van der Waals surface area contributed by atoms with Crippen molar-refractivity contribution in [2.24, 2.45) is 5.73 Å². The highest BCUT2D eigenvalue weighted by atomic mass is 79.9. The van der Waals surface area contributed by atoms with Crippen molar-refractivity contribution < 1.29 is 24.2 Å². The minimum absolute atomic E-state index is 0.0404. The monoisotopic (exact) mass is 338 g/mol. The molecule has 0 heterocycles. The minimum atomic E-state index is -1.18. The van der Waals surface area contributed by atoms with Gasteiger partial charge in [0.25, 0.3) is 0 Å². The minimum Gasteiger partial charge on any atom is -0.480 e. The summed E-state index contributed by atoms with van der Waals surface area (Å²) >= 11 is 2.94. The fraction of sp³-hybridized carbons (Fsp3) is 0.727. The molecule has 1 atom stereocenters. The Hall–Kier alpha value is -1.15. The van der Waals surface area contributed by atoms with Crippen LogP contribution in [0.15, 0.2) is 0 Å². The number of aliphatic carboxylic acids is 1. The number of amides is 1. The van der Waals surface area contributed by atoms with Gasteiger partial charge in [0.2, 0.25) is 5.91 Å². The molecule has 0 rings (SSSR count). The number of hydrogen-bond donors (Lipinski definition) is 2. The zero-order valence-corrected chi connectivity index (χ0v) is 12.8. The molecule has 0 bridgehead atoms. The quantitative estimate of drug-likeness (QED) is 0.519. The first-order valence-electron chi connectivity index (χ1n) is 5.60. The van der Waals surface area contributed by atoms with Gasteiger partial charge in [0, 0.05) is 6.54 Å². The van der Waals surface area contributed by atoms with Gasteiger partial charge in [0.15, 0.2) is 0 Å². The summed E-state index contributed by atoms with van der Waals surface area (Å²) in [4.78, 5) is 34.8. The van der Waals surface area contributed by atoms with Gasteiger partial charge in [0.1, 0.15) is 18.2 Å². The molecule has 0 aromatic heterocycles. The van der Waals surface area contributed by atoms with Gasteiger partial charge in [0.05, 0.1) is 5.33 Å². The second-order valence-electron chi connectivity index (χ2n) is 4.94. The van der Waals surface area contributed by atoms with E-state index in [1.165, 1.54) is 0 Å². The molecule has 0 saturated heterocycles. The Morgan fingerprint density at radius 1 is 1.37 bits per heavy atom. The number of carboxylic acid groups (broad SMARTS) is 1. The summed E-state index contributed by atoms with van der Waals surface area (Å²) in [6, 6.07) is -1.08. The lowest BCUT2D eigenvalue weighted by atomic mass is 10.2. The summed E-state index contributed by atoms with van der Waals surface area (Å²) in [5.74, 6) is -2.31. The van der Waals surface area contributed by atoms with E-state index in [-0.39, 0.29) is 11.9 Å². The molecule has 1 amide bonds. The maximum absolute atomic E-state index is 11.6. The van der Waals surface area contributed by atoms with Crippen molar-refractivity contribution in [3.05, 3.63) is 0 Å². The Kier molecular flexibility index (Phi) is 6.99. The zero-order chi connectivity index (χ0) is 15.2. The molecule has 8 heteroatoms. The molecule has 19 heavy (non-hydrogen) atoms. The van der Waals surface area contributed by atoms with Gasteiger partial charge in [-0.05, 0) is 20.8 Å². The van der Waals surface area contributed by atoms with Gasteiger partial charge < -0.3 is 20.5 Å². The average Bonchev–Trinajstić information content (AvgIpc) is 2.23. The van der Waals surface area contributed by atoms with Crippen LogP contribution in [0.2, 0.25) is 0 Å². The van der Waals surface area contributed by atoms with Gasteiger partial charge in [-0.3, -0.25) is 14.4 Å². The largest absolute Gasteiger partial charge is 0.480 e. The molecular weight excluding hydrogens is 320 g/mol. The number of halogens is 1. The number of hydrogen-bond acceptors (Lipinski definition) is 5. The number of esters is 1. The van der Waals surface area contributed by atoms with E-state index >= 15 is 0 Å². The molecule has 0 aliphatic carbocycles. The van der Waals surface area contributed by atoms with E-state index in [9.17, 15) is 14.4 Å². The molecule has 0 aromatic carbocycles. The maximum atomic E-state index is 11.6. The Morgan fingerprint density at radius 3 is 2.26 bits per heavy atom. The number of carbonyl (C=O) groups excluding carboxylic acids is 2. The fourth-order valence-electron chi connectivity index (χ4n) is 1.19. The van der Waals surface area contributed by atoms with Gasteiger partial charge >= 0.3 is 11.9 Å². The van der Waals surface area contributed by atoms with Gasteiger partial charge in [-0.1, -0.05) is 15.9 Å². The van der Waals surface area contributed by atoms with Crippen LogP contribution in [0.4, 0.5) is 0 Å². The summed E-state index contributed by atoms with van der Waals surface area (Å²) < 4.78 is 5.06. The molecule has 0 spiro atoms. The molecule has 0 aliphatic heterocycles. The van der Waals surface area contributed by atoms with E-state index in [1.54, 1.807) is 20.8 Å². The Labute approximate surface area is 120 Å². The van der Waals surface area contributed by atoms with Crippen LogP contribution in [0.5, 0.6) is 0 Å². The molecule has 1 unspecified atom stereocenters. The highest BCUT2D eigenvalue weighted by Crippen LogP contribution is 2.08. The summed E-state index contributed by atoms with van der Waals surface area (Å²) in [5.41, 5.74) is 4.93. The first-order valence-corrected chi connectivity index (χ1v) is 6.73. The van der Waals surface area contributed by atoms with E-state index in [1.807, 2.05) is 0 Å². The van der Waals surface area contributed by atoms with Gasteiger partial charge in [-0.2, -0.15) is 0 Å². The van der Waals surface area contributed by atoms with Crippen LogP contribution in [0.1, 0.15) is 20.8 Å². The smallest absolute Gasteiger partial charge is 0.325 e. The van der Waals surface area contributed by atoms with Crippen LogP contribution in [0, 0.1) is 0 Å². The molecule has 110 valence electrons. The number of carbonyl (C=O) groups is 3. The SMILES string of the molecule is CC(C)(C)OC(=O)C(N)CN(CC(=O)O)C(=O)CBr. The second kappa shape index (κ2) is 7.44. The van der Waals surface area contributed by atoms with Crippen molar-refractivity contribution in [3.8, 4) is 0 Å². The number of carboxylic acids is 1. The van der Waals surface area contributed by atoms with Crippen LogP contribution in [0.3, 0.4) is 0 Å². The summed E-state index contributed by atoms with van der Waals surface area (Å²) in [7, 11) is 0. The second-order valence-corrected chi connectivity index (χ2v) is 5.50. The Morgan fingerprint density at radius 2 is 1.89 bits per heavy atom. The lowest BCUT2D eigenvalue weighted by Crippen LogP contribution is -2.49. The molecule has 3 N–H and O–H groups in total. The van der Waals surface area contributed by atoms with Crippen molar-refractivity contribution in [2.45, 2.75) is 32.4 Å². The highest BCUT2D eigenvalue weighted by Gasteiger charge is 2.26. The first kappa shape index (κ1) is 17.8. The van der Waals surface area contributed by atoms with E-state index in [0.29, 0.717) is 0 Å². The first-order chi connectivity index (χ1) is 8.56. The van der Waals surface area contributed by atoms with Crippen molar-refractivity contribution in [3.63, 3.8) is 0 Å². The Balaban J connectivity index is 4.62. The summed E-state index contributed by atoms with van der Waals surface area (Å²) in [6.45, 7) is 4.36. The lowest BCUT2D eigenvalue weighted by Gasteiger charge is -2.26. The summed E-state index contributed by atoms with van der Waals surface area (Å²) in [6.07, 6.45) is 0. The van der Waals surface area contributed by atoms with Crippen molar-refractivity contribution >= 4 is 33.8 Å². The van der Waals surface area contributed by atoms with Crippen LogP contribution in [-0.2, 0) is 19.1 Å². The number of ether oxygens (including phenoxy) is 1. The third kappa shape index (κ3) is 7.78. The van der Waals surface area contributed by atoms with Crippen LogP contribution in [0.25, 0.3) is 0 Å². The van der Waals surface area contributed by atoms with E-state index < -0.39 is 36.0 Å². The predicted octanol–water partition coefficient (Wildman–Crippen LogP) is -0.0365. The van der Waals surface area contributed by atoms with Crippen LogP contribution >= 0.6 is 15.9 Å². The van der Waals surface area contributed by atoms with Crippen molar-refractivity contribution in [1.29, 1.82) is 0 Å². The molecule has 0 aromatic rings. The molecular formula is C11H19BrN2O5. The molecule has 0 saturated carbocycles. The third-order valence-electron chi connectivity index (χ3n) is 1.92. The normalized spacial score (nSPS) is 12.7. The summed E-state index contributed by atoms with van der Waals surface area (Å²) in [5, 5.41) is 8.66. The number of nitrogens with two attached hydrogens (primary N) is 1. The van der Waals surface area contributed by atoms with Crippen molar-refractivity contribution in [2.75, 3.05) is 18.4 Å². The predicted molar refractivity (Wildman–Crippen MR) is 71.8 cm³/mol. The Bertz CT molecular complexity index is 353. The van der Waals surface area contributed by atoms with E-state index in [2.05, 4.69) is 15.9 Å². The average molecular weight is 339 g/mol. The molecule has 0 fully saturated rings. The standard InChI is InChI=1S/C11H19BrN2O5/c1-11(2,3)19-10(18)7(13)5-14(6-9(16)17)8(15)4-12/h7H,4-6,13H2,1-3H3,(H,16,17). The van der Waals surface area contributed by atoms with Gasteiger partial charge in [-0.15, -0.1) is 0 Å². The topological polar surface area (TPSA) is 110 Å². The van der Waals surface area contributed by atoms with Crippen molar-refractivity contribution in [1.82, 2.24) is 4.90 Å². The maximum Gasteiger partial charge on any atom is 0.325 e. The number of alkyl halides is 1. The van der Waals surface area contributed by atoms with Crippen LogP contribution in [-0.4, -0.2) is 57.9 Å². The molecule has 0 aliphatic rings. The van der Waals surface area contributed by atoms with Gasteiger partial charge in [-0.25, -0.2) is 0 Å². The molecule has 7 nitrogen and oxygen atoms in total. The van der Waals surface area contributed by atoms with E-state index in [0.717, 1.165) is 4.90 Å². The van der Waals surface area contributed by atoms with Crippen LogP contribution < -0.4 is 5.73 Å². The van der Waals surface area contributed by atoms with E-state index in [4.69, 9.17) is 15.6 Å².